The van der Waals surface area contributed by atoms with Gasteiger partial charge in [0.2, 0.25) is 0 Å². The topological polar surface area (TPSA) is 49.8 Å². The Morgan fingerprint density at radius 2 is 1.94 bits per heavy atom. The van der Waals surface area contributed by atoms with Crippen LogP contribution in [0.5, 0.6) is 0 Å². The molecule has 0 aromatic heterocycles. The summed E-state index contributed by atoms with van der Waals surface area (Å²) in [7, 11) is 0. The van der Waals surface area contributed by atoms with Crippen LogP contribution in [0.25, 0.3) is 0 Å². The molecule has 1 aliphatic carbocycles. The van der Waals surface area contributed by atoms with Crippen LogP contribution in [0.15, 0.2) is 18.2 Å². The highest BCUT2D eigenvalue weighted by atomic mass is 35.5. The Morgan fingerprint density at radius 3 is 2.50 bits per heavy atom. The van der Waals surface area contributed by atoms with Gasteiger partial charge in [0.05, 0.1) is 11.6 Å². The molecule has 0 saturated carbocycles. The summed E-state index contributed by atoms with van der Waals surface area (Å²) < 4.78 is 0. The SMILES string of the molecule is CC1(C)Cc2ccc(C#N)cc2C1(C)N.Cl. The molecule has 1 unspecified atom stereocenters. The second kappa shape index (κ2) is 3.76. The molecule has 0 amide bonds. The summed E-state index contributed by atoms with van der Waals surface area (Å²) in [4.78, 5) is 0. The first kappa shape index (κ1) is 13.0. The molecule has 1 aromatic carbocycles. The number of halogens is 1. The van der Waals surface area contributed by atoms with Gasteiger partial charge in [0.1, 0.15) is 0 Å². The van der Waals surface area contributed by atoms with Crippen LogP contribution in [0.4, 0.5) is 0 Å². The van der Waals surface area contributed by atoms with E-state index in [1.54, 1.807) is 0 Å². The number of hydrogen-bond acceptors (Lipinski definition) is 2. The Kier molecular flexibility index (Phi) is 3.06. The average molecular weight is 237 g/mol. The van der Waals surface area contributed by atoms with Crippen LogP contribution in [-0.2, 0) is 12.0 Å². The fourth-order valence-electron chi connectivity index (χ4n) is 2.31. The Morgan fingerprint density at radius 1 is 1.31 bits per heavy atom. The van der Waals surface area contributed by atoms with Gasteiger partial charge in [0, 0.05) is 5.54 Å². The van der Waals surface area contributed by atoms with Crippen molar-refractivity contribution < 1.29 is 0 Å². The van der Waals surface area contributed by atoms with Crippen molar-refractivity contribution in [1.29, 1.82) is 5.26 Å². The van der Waals surface area contributed by atoms with E-state index in [4.69, 9.17) is 11.0 Å². The van der Waals surface area contributed by atoms with E-state index in [0.717, 1.165) is 12.0 Å². The zero-order chi connectivity index (χ0) is 11.3. The quantitative estimate of drug-likeness (QED) is 0.753. The largest absolute Gasteiger partial charge is 0.321 e. The highest BCUT2D eigenvalue weighted by Crippen LogP contribution is 2.47. The Bertz CT molecular complexity index is 455. The molecule has 0 bridgehead atoms. The third-order valence-electron chi connectivity index (χ3n) is 3.84. The van der Waals surface area contributed by atoms with Crippen molar-refractivity contribution in [2.24, 2.45) is 11.1 Å². The van der Waals surface area contributed by atoms with Crippen molar-refractivity contribution in [2.45, 2.75) is 32.7 Å². The minimum atomic E-state index is -0.338. The van der Waals surface area contributed by atoms with Gasteiger partial charge >= 0.3 is 0 Å². The van der Waals surface area contributed by atoms with Crippen molar-refractivity contribution in [2.75, 3.05) is 0 Å². The molecule has 1 aromatic rings. The van der Waals surface area contributed by atoms with E-state index >= 15 is 0 Å². The summed E-state index contributed by atoms with van der Waals surface area (Å²) in [5.41, 5.74) is 9.21. The average Bonchev–Trinajstić information content (AvgIpc) is 2.34. The molecule has 0 saturated heterocycles. The van der Waals surface area contributed by atoms with Crippen LogP contribution in [-0.4, -0.2) is 0 Å². The number of benzene rings is 1. The Hall–Kier alpha value is -1.04. The molecule has 2 N–H and O–H groups in total. The summed E-state index contributed by atoms with van der Waals surface area (Å²) >= 11 is 0. The number of hydrogen-bond donors (Lipinski definition) is 1. The molecule has 1 atom stereocenters. The molecule has 2 nitrogen and oxygen atoms in total. The van der Waals surface area contributed by atoms with E-state index < -0.39 is 0 Å². The maximum Gasteiger partial charge on any atom is 0.0991 e. The van der Waals surface area contributed by atoms with Crippen molar-refractivity contribution in [3.8, 4) is 6.07 Å². The van der Waals surface area contributed by atoms with Crippen LogP contribution < -0.4 is 5.73 Å². The summed E-state index contributed by atoms with van der Waals surface area (Å²) in [6.07, 6.45) is 0.987. The highest BCUT2D eigenvalue weighted by molar-refractivity contribution is 5.85. The Labute approximate surface area is 103 Å². The molecular formula is C13H17ClN2. The number of nitrogens with two attached hydrogens (primary N) is 1. The van der Waals surface area contributed by atoms with Crippen molar-refractivity contribution in [1.82, 2.24) is 0 Å². The smallest absolute Gasteiger partial charge is 0.0991 e. The highest BCUT2D eigenvalue weighted by Gasteiger charge is 2.46. The minimum Gasteiger partial charge on any atom is -0.321 e. The lowest BCUT2D eigenvalue weighted by Gasteiger charge is -2.35. The van der Waals surface area contributed by atoms with Gasteiger partial charge in [-0.3, -0.25) is 0 Å². The van der Waals surface area contributed by atoms with E-state index in [0.29, 0.717) is 5.56 Å². The number of fused-ring (bicyclic) bond motifs is 1. The third kappa shape index (κ3) is 1.61. The van der Waals surface area contributed by atoms with Crippen molar-refractivity contribution >= 4 is 12.4 Å². The van der Waals surface area contributed by atoms with Gasteiger partial charge in [-0.1, -0.05) is 19.9 Å². The zero-order valence-electron chi connectivity index (χ0n) is 9.87. The normalized spacial score (nSPS) is 25.4. The fraction of sp³-hybridized carbons (Fsp3) is 0.462. The predicted octanol–water partition coefficient (Wildman–Crippen LogP) is 2.74. The summed E-state index contributed by atoms with van der Waals surface area (Å²) in [6.45, 7) is 6.41. The molecule has 0 fully saturated rings. The van der Waals surface area contributed by atoms with Crippen LogP contribution in [0.3, 0.4) is 0 Å². The number of nitriles is 1. The van der Waals surface area contributed by atoms with E-state index in [9.17, 15) is 0 Å². The lowest BCUT2D eigenvalue weighted by molar-refractivity contribution is 0.211. The van der Waals surface area contributed by atoms with E-state index in [-0.39, 0.29) is 23.4 Å². The van der Waals surface area contributed by atoms with Gasteiger partial charge in [-0.05, 0) is 42.0 Å². The zero-order valence-corrected chi connectivity index (χ0v) is 10.7. The van der Waals surface area contributed by atoms with Gasteiger partial charge in [0.15, 0.2) is 0 Å². The molecule has 86 valence electrons. The van der Waals surface area contributed by atoms with Crippen LogP contribution >= 0.6 is 12.4 Å². The Balaban J connectivity index is 0.00000128. The van der Waals surface area contributed by atoms with Crippen LogP contribution in [0.1, 0.15) is 37.5 Å². The van der Waals surface area contributed by atoms with Gasteiger partial charge in [-0.25, -0.2) is 0 Å². The predicted molar refractivity (Wildman–Crippen MR) is 67.4 cm³/mol. The maximum absolute atomic E-state index is 8.88. The lowest BCUT2D eigenvalue weighted by atomic mass is 9.75. The number of nitrogens with zero attached hydrogens (tertiary/aromatic N) is 1. The van der Waals surface area contributed by atoms with Gasteiger partial charge in [-0.15, -0.1) is 12.4 Å². The molecule has 0 heterocycles. The molecule has 0 spiro atoms. The monoisotopic (exact) mass is 236 g/mol. The van der Waals surface area contributed by atoms with Crippen LogP contribution in [0.2, 0.25) is 0 Å². The molecule has 2 rings (SSSR count). The fourth-order valence-corrected chi connectivity index (χ4v) is 2.31. The molecule has 0 radical (unpaired) electrons. The van der Waals surface area contributed by atoms with Gasteiger partial charge < -0.3 is 5.73 Å². The van der Waals surface area contributed by atoms with Gasteiger partial charge in [0.25, 0.3) is 0 Å². The van der Waals surface area contributed by atoms with Crippen molar-refractivity contribution in [3.63, 3.8) is 0 Å². The molecule has 0 aliphatic heterocycles. The first-order chi connectivity index (χ1) is 6.88. The molecule has 16 heavy (non-hydrogen) atoms. The summed E-state index contributed by atoms with van der Waals surface area (Å²) in [5.74, 6) is 0. The lowest BCUT2D eigenvalue weighted by Crippen LogP contribution is -2.43. The summed E-state index contributed by atoms with van der Waals surface area (Å²) in [5, 5.41) is 8.88. The second-order valence-corrected chi connectivity index (χ2v) is 5.25. The minimum absolute atomic E-state index is 0. The standard InChI is InChI=1S/C13H16N2.ClH/c1-12(2)7-10-5-4-9(8-14)6-11(10)13(12,3)15;/h4-6H,7,15H2,1-3H3;1H. The summed E-state index contributed by atoms with van der Waals surface area (Å²) in [6, 6.07) is 8.01. The molecule has 1 aliphatic rings. The van der Waals surface area contributed by atoms with Crippen molar-refractivity contribution in [3.05, 3.63) is 34.9 Å². The number of rotatable bonds is 0. The first-order valence-electron chi connectivity index (χ1n) is 5.21. The maximum atomic E-state index is 8.88. The first-order valence-corrected chi connectivity index (χ1v) is 5.21. The molecular weight excluding hydrogens is 220 g/mol. The third-order valence-corrected chi connectivity index (χ3v) is 3.84. The van der Waals surface area contributed by atoms with Gasteiger partial charge in [-0.2, -0.15) is 5.26 Å². The molecule has 3 heteroatoms. The van der Waals surface area contributed by atoms with Crippen LogP contribution in [0, 0.1) is 16.7 Å². The van der Waals surface area contributed by atoms with E-state index in [2.05, 4.69) is 26.8 Å². The van der Waals surface area contributed by atoms with E-state index in [1.807, 2.05) is 18.2 Å². The second-order valence-electron chi connectivity index (χ2n) is 5.25. The van der Waals surface area contributed by atoms with E-state index in [1.165, 1.54) is 5.56 Å².